The summed E-state index contributed by atoms with van der Waals surface area (Å²) in [6.07, 6.45) is 7.66. The maximum Gasteiger partial charge on any atom is 0.131 e. The van der Waals surface area contributed by atoms with Crippen molar-refractivity contribution < 1.29 is 0 Å². The highest BCUT2D eigenvalue weighted by atomic mass is 127. The zero-order chi connectivity index (χ0) is 6.69. The van der Waals surface area contributed by atoms with Gasteiger partial charge in [-0.15, -0.1) is 24.0 Å². The van der Waals surface area contributed by atoms with Crippen molar-refractivity contribution in [2.75, 3.05) is 0 Å². The number of rotatable bonds is 1. The van der Waals surface area contributed by atoms with Crippen molar-refractivity contribution in [1.29, 1.82) is 0 Å². The van der Waals surface area contributed by atoms with Crippen LogP contribution in [0.25, 0.3) is 6.08 Å². The lowest BCUT2D eigenvalue weighted by Crippen LogP contribution is -1.87. The van der Waals surface area contributed by atoms with Gasteiger partial charge in [0.15, 0.2) is 0 Å². The van der Waals surface area contributed by atoms with Gasteiger partial charge in [-0.2, -0.15) is 0 Å². The van der Waals surface area contributed by atoms with Gasteiger partial charge < -0.3 is 4.57 Å². The third-order valence-electron chi connectivity index (χ3n) is 1.17. The Balaban J connectivity index is 0.000000810. The summed E-state index contributed by atoms with van der Waals surface area (Å²) in [6, 6.07) is 0. The van der Waals surface area contributed by atoms with Crippen LogP contribution < -0.4 is 0 Å². The SMILES string of the molecule is CC=Cc1nccn1C.I. The maximum absolute atomic E-state index is 4.08. The Morgan fingerprint density at radius 3 is 2.70 bits per heavy atom. The number of hydrogen-bond donors (Lipinski definition) is 0. The first-order valence-electron chi connectivity index (χ1n) is 2.94. The molecule has 1 aromatic rings. The Bertz CT molecular complexity index is 215. The number of allylic oxidation sites excluding steroid dienone is 1. The van der Waals surface area contributed by atoms with E-state index in [1.807, 2.05) is 36.9 Å². The van der Waals surface area contributed by atoms with E-state index >= 15 is 0 Å². The second kappa shape index (κ2) is 4.49. The summed E-state index contributed by atoms with van der Waals surface area (Å²) in [5.41, 5.74) is 0. The first kappa shape index (κ1) is 9.68. The van der Waals surface area contributed by atoms with E-state index in [0.29, 0.717) is 0 Å². The third-order valence-corrected chi connectivity index (χ3v) is 1.17. The molecule has 0 atom stereocenters. The van der Waals surface area contributed by atoms with Crippen LogP contribution in [-0.2, 0) is 7.05 Å². The van der Waals surface area contributed by atoms with E-state index < -0.39 is 0 Å². The lowest BCUT2D eigenvalue weighted by atomic mass is 10.5. The summed E-state index contributed by atoms with van der Waals surface area (Å²) in [7, 11) is 1.97. The second-order valence-electron chi connectivity index (χ2n) is 1.90. The van der Waals surface area contributed by atoms with Crippen LogP contribution in [0.3, 0.4) is 0 Å². The first-order chi connectivity index (χ1) is 4.34. The van der Waals surface area contributed by atoms with Crippen LogP contribution in [0, 0.1) is 0 Å². The minimum Gasteiger partial charge on any atom is -0.335 e. The van der Waals surface area contributed by atoms with Crippen LogP contribution >= 0.6 is 24.0 Å². The largest absolute Gasteiger partial charge is 0.335 e. The van der Waals surface area contributed by atoms with Gasteiger partial charge in [-0.05, 0) is 13.0 Å². The summed E-state index contributed by atoms with van der Waals surface area (Å²) in [4.78, 5) is 4.08. The van der Waals surface area contributed by atoms with Crippen LogP contribution in [0.4, 0.5) is 0 Å². The zero-order valence-corrected chi connectivity index (χ0v) is 8.44. The van der Waals surface area contributed by atoms with Crippen LogP contribution in [0.15, 0.2) is 18.5 Å². The minimum atomic E-state index is 0. The van der Waals surface area contributed by atoms with Crippen molar-refractivity contribution in [1.82, 2.24) is 9.55 Å². The predicted molar refractivity (Wildman–Crippen MR) is 53.3 cm³/mol. The average Bonchev–Trinajstić information content (AvgIpc) is 2.18. The first-order valence-corrected chi connectivity index (χ1v) is 2.94. The Morgan fingerprint density at radius 2 is 2.30 bits per heavy atom. The molecule has 0 saturated heterocycles. The van der Waals surface area contributed by atoms with Crippen molar-refractivity contribution in [3.63, 3.8) is 0 Å². The quantitative estimate of drug-likeness (QED) is 0.697. The molecule has 2 nitrogen and oxygen atoms in total. The lowest BCUT2D eigenvalue weighted by molar-refractivity contribution is 0.897. The molecule has 0 spiro atoms. The van der Waals surface area contributed by atoms with Crippen LogP contribution in [0.2, 0.25) is 0 Å². The number of imidazole rings is 1. The number of aryl methyl sites for hydroxylation is 1. The summed E-state index contributed by atoms with van der Waals surface area (Å²) in [5, 5.41) is 0. The van der Waals surface area contributed by atoms with Gasteiger partial charge in [0, 0.05) is 19.4 Å². The molecule has 1 aromatic heterocycles. The maximum atomic E-state index is 4.08. The lowest BCUT2D eigenvalue weighted by Gasteiger charge is -1.90. The van der Waals surface area contributed by atoms with Crippen molar-refractivity contribution in [3.05, 3.63) is 24.3 Å². The van der Waals surface area contributed by atoms with E-state index in [1.54, 1.807) is 6.20 Å². The van der Waals surface area contributed by atoms with Gasteiger partial charge in [0.25, 0.3) is 0 Å². The molecule has 0 bridgehead atoms. The van der Waals surface area contributed by atoms with Gasteiger partial charge in [0.05, 0.1) is 0 Å². The fourth-order valence-electron chi connectivity index (χ4n) is 0.687. The Hall–Kier alpha value is -0.320. The highest BCUT2D eigenvalue weighted by Gasteiger charge is 1.88. The number of aromatic nitrogens is 2. The smallest absolute Gasteiger partial charge is 0.131 e. The zero-order valence-electron chi connectivity index (χ0n) is 6.11. The van der Waals surface area contributed by atoms with Gasteiger partial charge in [-0.1, -0.05) is 6.08 Å². The number of nitrogens with zero attached hydrogens (tertiary/aromatic N) is 2. The molecule has 0 saturated carbocycles. The topological polar surface area (TPSA) is 17.8 Å². The highest BCUT2D eigenvalue weighted by molar-refractivity contribution is 14.0. The van der Waals surface area contributed by atoms with E-state index in [2.05, 4.69) is 4.98 Å². The molecule has 0 aliphatic rings. The fraction of sp³-hybridized carbons (Fsp3) is 0.286. The molecular weight excluding hydrogens is 239 g/mol. The predicted octanol–water partition coefficient (Wildman–Crippen LogP) is 2.07. The molecule has 0 N–H and O–H groups in total. The van der Waals surface area contributed by atoms with Crippen molar-refractivity contribution in [3.8, 4) is 0 Å². The molecule has 3 heteroatoms. The van der Waals surface area contributed by atoms with Crippen molar-refractivity contribution >= 4 is 30.1 Å². The highest BCUT2D eigenvalue weighted by Crippen LogP contribution is 1.95. The average molecular weight is 250 g/mol. The minimum absolute atomic E-state index is 0. The molecule has 0 aromatic carbocycles. The molecule has 10 heavy (non-hydrogen) atoms. The van der Waals surface area contributed by atoms with Gasteiger partial charge in [-0.25, -0.2) is 4.98 Å². The van der Waals surface area contributed by atoms with Crippen LogP contribution in [-0.4, -0.2) is 9.55 Å². The molecular formula is C7H11IN2. The van der Waals surface area contributed by atoms with Crippen LogP contribution in [0.1, 0.15) is 12.7 Å². The van der Waals surface area contributed by atoms with Gasteiger partial charge in [-0.3, -0.25) is 0 Å². The van der Waals surface area contributed by atoms with Gasteiger partial charge in [0.1, 0.15) is 5.82 Å². The fourth-order valence-corrected chi connectivity index (χ4v) is 0.687. The molecule has 0 aliphatic heterocycles. The van der Waals surface area contributed by atoms with Crippen molar-refractivity contribution in [2.45, 2.75) is 6.92 Å². The molecule has 1 heterocycles. The number of hydrogen-bond acceptors (Lipinski definition) is 1. The molecule has 56 valence electrons. The van der Waals surface area contributed by atoms with E-state index in [9.17, 15) is 0 Å². The standard InChI is InChI=1S/C7H10N2.HI/c1-3-4-7-8-5-6-9(7)2;/h3-6H,1-2H3;1H. The summed E-state index contributed by atoms with van der Waals surface area (Å²) < 4.78 is 1.97. The molecule has 0 fully saturated rings. The Kier molecular flexibility index (Phi) is 4.34. The number of halogens is 1. The molecule has 1 rings (SSSR count). The third kappa shape index (κ3) is 2.13. The molecule has 0 unspecified atom stereocenters. The Morgan fingerprint density at radius 1 is 1.60 bits per heavy atom. The summed E-state index contributed by atoms with van der Waals surface area (Å²) >= 11 is 0. The normalized spacial score (nSPS) is 9.80. The Labute approximate surface area is 78.0 Å². The molecule has 0 aliphatic carbocycles. The van der Waals surface area contributed by atoms with Gasteiger partial charge in [0.2, 0.25) is 0 Å². The van der Waals surface area contributed by atoms with E-state index in [0.717, 1.165) is 5.82 Å². The summed E-state index contributed by atoms with van der Waals surface area (Å²) in [5.74, 6) is 0.998. The van der Waals surface area contributed by atoms with Crippen LogP contribution in [0.5, 0.6) is 0 Å². The van der Waals surface area contributed by atoms with Crippen molar-refractivity contribution in [2.24, 2.45) is 7.05 Å². The monoisotopic (exact) mass is 250 g/mol. The van der Waals surface area contributed by atoms with Gasteiger partial charge >= 0.3 is 0 Å². The molecule has 0 amide bonds. The van der Waals surface area contributed by atoms with E-state index in [4.69, 9.17) is 0 Å². The second-order valence-corrected chi connectivity index (χ2v) is 1.90. The molecule has 0 radical (unpaired) electrons. The van der Waals surface area contributed by atoms with E-state index in [-0.39, 0.29) is 24.0 Å². The van der Waals surface area contributed by atoms with E-state index in [1.165, 1.54) is 0 Å². The summed E-state index contributed by atoms with van der Waals surface area (Å²) in [6.45, 7) is 1.98.